The molecule has 0 saturated carbocycles. The zero-order valence-electron chi connectivity index (χ0n) is 15.0. The topological polar surface area (TPSA) is 93.2 Å². The molecule has 3 rings (SSSR count). The molecule has 9 heteroatoms. The Kier molecular flexibility index (Phi) is 5.88. The normalized spacial score (nSPS) is 18.3. The average Bonchev–Trinajstić information content (AvgIpc) is 3.00. The summed E-state index contributed by atoms with van der Waals surface area (Å²) in [5.41, 5.74) is 0. The summed E-state index contributed by atoms with van der Waals surface area (Å²) in [6.45, 7) is 6.98. The number of imide groups is 1. The molecule has 0 unspecified atom stereocenters. The van der Waals surface area contributed by atoms with Gasteiger partial charge < -0.3 is 20.4 Å². The molecule has 0 atom stereocenters. The first kappa shape index (κ1) is 18.0. The van der Waals surface area contributed by atoms with Crippen molar-refractivity contribution in [3.05, 3.63) is 24.4 Å². The Hall–Kier alpha value is -2.84. The minimum Gasteiger partial charge on any atom is -0.357 e. The lowest BCUT2D eigenvalue weighted by atomic mass is 10.3. The molecule has 3 heterocycles. The van der Waals surface area contributed by atoms with Crippen LogP contribution < -0.4 is 15.5 Å². The largest absolute Gasteiger partial charge is 0.357 e. The maximum absolute atomic E-state index is 11.6. The number of aliphatic imine (C=N–C) groups is 1. The van der Waals surface area contributed by atoms with E-state index >= 15 is 0 Å². The van der Waals surface area contributed by atoms with Crippen LogP contribution in [-0.4, -0.2) is 85.0 Å². The van der Waals surface area contributed by atoms with Crippen LogP contribution in [0, 0.1) is 0 Å². The van der Waals surface area contributed by atoms with Crippen molar-refractivity contribution >= 4 is 23.7 Å². The van der Waals surface area contributed by atoms with Gasteiger partial charge in [0.1, 0.15) is 5.82 Å². The smallest absolute Gasteiger partial charge is 0.324 e. The highest BCUT2D eigenvalue weighted by Crippen LogP contribution is 2.12. The van der Waals surface area contributed by atoms with Crippen LogP contribution in [0.2, 0.25) is 0 Å². The summed E-state index contributed by atoms with van der Waals surface area (Å²) in [5.74, 6) is 1.62. The zero-order chi connectivity index (χ0) is 18.4. The number of aromatic nitrogens is 1. The summed E-state index contributed by atoms with van der Waals surface area (Å²) in [7, 11) is 0. The number of rotatable bonds is 5. The van der Waals surface area contributed by atoms with Crippen LogP contribution in [0.15, 0.2) is 29.4 Å². The fourth-order valence-corrected chi connectivity index (χ4v) is 3.05. The Balaban J connectivity index is 1.54. The Morgan fingerprint density at radius 2 is 2.08 bits per heavy atom. The van der Waals surface area contributed by atoms with Crippen LogP contribution in [0.3, 0.4) is 0 Å². The Bertz CT molecular complexity index is 640. The minimum atomic E-state index is -0.334. The van der Waals surface area contributed by atoms with Gasteiger partial charge >= 0.3 is 6.03 Å². The molecule has 9 nitrogen and oxygen atoms in total. The van der Waals surface area contributed by atoms with Crippen LogP contribution in [0.4, 0.5) is 10.6 Å². The molecule has 26 heavy (non-hydrogen) atoms. The van der Waals surface area contributed by atoms with Gasteiger partial charge in [-0.3, -0.25) is 14.7 Å². The van der Waals surface area contributed by atoms with E-state index in [1.54, 1.807) is 0 Å². The number of hydrogen-bond donors (Lipinski definition) is 2. The third-order valence-electron chi connectivity index (χ3n) is 4.41. The zero-order valence-corrected chi connectivity index (χ0v) is 15.0. The van der Waals surface area contributed by atoms with Crippen LogP contribution in [0.1, 0.15) is 6.92 Å². The summed E-state index contributed by atoms with van der Waals surface area (Å²) in [4.78, 5) is 37.9. The molecule has 140 valence electrons. The second kappa shape index (κ2) is 8.50. The summed E-state index contributed by atoms with van der Waals surface area (Å²) >= 11 is 0. The fourth-order valence-electron chi connectivity index (χ4n) is 3.05. The summed E-state index contributed by atoms with van der Waals surface area (Å²) in [6, 6.07) is 5.60. The average molecular weight is 359 g/mol. The standard InChI is InChI=1S/C17H25N7O2/c1-2-18-16(20-7-8-24-15(25)13-21-17(24)26)23-11-9-22(10-12-23)14-5-3-4-6-19-14/h3-6H,2,7-13H2,1H3,(H,18,20)(H,21,26). The predicted octanol–water partition coefficient (Wildman–Crippen LogP) is -0.279. The number of hydrogen-bond acceptors (Lipinski definition) is 5. The van der Waals surface area contributed by atoms with Crippen molar-refractivity contribution < 1.29 is 9.59 Å². The molecule has 2 aliphatic heterocycles. The number of amides is 3. The van der Waals surface area contributed by atoms with Crippen molar-refractivity contribution in [3.63, 3.8) is 0 Å². The van der Waals surface area contributed by atoms with E-state index in [1.807, 2.05) is 31.3 Å². The van der Waals surface area contributed by atoms with Crippen molar-refractivity contribution in [3.8, 4) is 0 Å². The first-order chi connectivity index (χ1) is 12.7. The Morgan fingerprint density at radius 1 is 1.27 bits per heavy atom. The van der Waals surface area contributed by atoms with Crippen molar-refractivity contribution in [2.24, 2.45) is 4.99 Å². The number of anilines is 1. The predicted molar refractivity (Wildman–Crippen MR) is 99.1 cm³/mol. The number of pyridine rings is 1. The third-order valence-corrected chi connectivity index (χ3v) is 4.41. The number of nitrogens with one attached hydrogen (secondary N) is 2. The molecule has 2 fully saturated rings. The first-order valence-corrected chi connectivity index (χ1v) is 8.96. The van der Waals surface area contributed by atoms with Crippen LogP contribution in [0.25, 0.3) is 0 Å². The van der Waals surface area contributed by atoms with Gasteiger partial charge in [0.05, 0.1) is 19.6 Å². The van der Waals surface area contributed by atoms with E-state index in [9.17, 15) is 9.59 Å². The van der Waals surface area contributed by atoms with Crippen LogP contribution in [0.5, 0.6) is 0 Å². The second-order valence-electron chi connectivity index (χ2n) is 6.10. The number of guanidine groups is 1. The van der Waals surface area contributed by atoms with Gasteiger partial charge in [-0.15, -0.1) is 0 Å². The molecule has 1 aromatic heterocycles. The molecule has 1 aromatic rings. The molecule has 3 amide bonds. The number of urea groups is 1. The third kappa shape index (κ3) is 4.22. The highest BCUT2D eigenvalue weighted by atomic mass is 16.2. The number of piperazine rings is 1. The molecule has 0 aliphatic carbocycles. The maximum atomic E-state index is 11.6. The molecule has 0 bridgehead atoms. The summed E-state index contributed by atoms with van der Waals surface area (Å²) in [5, 5.41) is 5.81. The monoisotopic (exact) mass is 359 g/mol. The number of nitrogens with zero attached hydrogens (tertiary/aromatic N) is 5. The van der Waals surface area contributed by atoms with Crippen LogP contribution in [-0.2, 0) is 4.79 Å². The van der Waals surface area contributed by atoms with Crippen molar-refractivity contribution in [2.45, 2.75) is 6.92 Å². The fraction of sp³-hybridized carbons (Fsp3) is 0.529. The minimum absolute atomic E-state index is 0.0814. The Labute approximate surface area is 153 Å². The van der Waals surface area contributed by atoms with Gasteiger partial charge in [0.25, 0.3) is 0 Å². The lowest BCUT2D eigenvalue weighted by Crippen LogP contribution is -2.53. The lowest BCUT2D eigenvalue weighted by Gasteiger charge is -2.37. The van der Waals surface area contributed by atoms with Gasteiger partial charge in [-0.25, -0.2) is 9.78 Å². The number of carbonyl (C=O) groups excluding carboxylic acids is 2. The van der Waals surface area contributed by atoms with E-state index in [0.29, 0.717) is 13.1 Å². The number of carbonyl (C=O) groups is 2. The molecular formula is C17H25N7O2. The molecule has 0 spiro atoms. The second-order valence-corrected chi connectivity index (χ2v) is 6.10. The quantitative estimate of drug-likeness (QED) is 0.427. The van der Waals surface area contributed by atoms with Crippen LogP contribution >= 0.6 is 0 Å². The first-order valence-electron chi connectivity index (χ1n) is 8.96. The molecular weight excluding hydrogens is 334 g/mol. The van der Waals surface area contributed by atoms with Crippen molar-refractivity contribution in [1.29, 1.82) is 0 Å². The molecule has 2 N–H and O–H groups in total. The maximum Gasteiger partial charge on any atom is 0.324 e. The van der Waals surface area contributed by atoms with Gasteiger partial charge in [0, 0.05) is 38.9 Å². The molecule has 2 saturated heterocycles. The van der Waals surface area contributed by atoms with E-state index in [1.165, 1.54) is 4.90 Å². The molecule has 0 radical (unpaired) electrons. The molecule has 2 aliphatic rings. The van der Waals surface area contributed by atoms with Gasteiger partial charge in [-0.2, -0.15) is 0 Å². The summed E-state index contributed by atoms with van der Waals surface area (Å²) in [6.07, 6.45) is 1.81. The Morgan fingerprint density at radius 3 is 2.69 bits per heavy atom. The molecule has 0 aromatic carbocycles. The van der Waals surface area contributed by atoms with E-state index in [-0.39, 0.29) is 18.5 Å². The highest BCUT2D eigenvalue weighted by molar-refractivity contribution is 6.01. The van der Waals surface area contributed by atoms with Crippen molar-refractivity contribution in [1.82, 2.24) is 25.4 Å². The van der Waals surface area contributed by atoms with Gasteiger partial charge in [-0.1, -0.05) is 6.07 Å². The highest BCUT2D eigenvalue weighted by Gasteiger charge is 2.27. The van der Waals surface area contributed by atoms with E-state index in [2.05, 4.69) is 30.4 Å². The SMILES string of the molecule is CCNC(=NCCN1C(=O)CNC1=O)N1CCN(c2ccccn2)CC1. The van der Waals surface area contributed by atoms with Gasteiger partial charge in [0.15, 0.2) is 5.96 Å². The van der Waals surface area contributed by atoms with Crippen molar-refractivity contribution in [2.75, 3.05) is 57.3 Å². The summed E-state index contributed by atoms with van der Waals surface area (Å²) < 4.78 is 0. The van der Waals surface area contributed by atoms with E-state index in [4.69, 9.17) is 0 Å². The van der Waals surface area contributed by atoms with E-state index in [0.717, 1.165) is 44.5 Å². The lowest BCUT2D eigenvalue weighted by molar-refractivity contribution is -0.124. The van der Waals surface area contributed by atoms with Gasteiger partial charge in [0.2, 0.25) is 5.91 Å². The van der Waals surface area contributed by atoms with Gasteiger partial charge in [-0.05, 0) is 19.1 Å². The van der Waals surface area contributed by atoms with E-state index < -0.39 is 0 Å².